The monoisotopic (exact) mass is 313 g/mol. The Morgan fingerprint density at radius 3 is 2.57 bits per heavy atom. The number of hydrogen-bond acceptors (Lipinski definition) is 4. The Labute approximate surface area is 135 Å². The van der Waals surface area contributed by atoms with E-state index in [9.17, 15) is 4.79 Å². The third-order valence-corrected chi connectivity index (χ3v) is 3.76. The first-order valence-electron chi connectivity index (χ1n) is 7.48. The van der Waals surface area contributed by atoms with E-state index in [2.05, 4.69) is 0 Å². The molecule has 0 radical (unpaired) electrons. The number of nitrogens with zero attached hydrogens (tertiary/aromatic N) is 1. The van der Waals surface area contributed by atoms with Crippen LogP contribution in [0.25, 0.3) is 0 Å². The van der Waals surface area contributed by atoms with Crippen LogP contribution >= 0.6 is 0 Å². The average molecular weight is 313 g/mol. The van der Waals surface area contributed by atoms with Crippen molar-refractivity contribution in [2.45, 2.75) is 6.10 Å². The zero-order valence-corrected chi connectivity index (χ0v) is 13.0. The largest absolute Gasteiger partial charge is 0.493 e. The van der Waals surface area contributed by atoms with E-state index < -0.39 is 0 Å². The maximum atomic E-state index is 12.3. The van der Waals surface area contributed by atoms with Gasteiger partial charge in [0.1, 0.15) is 12.8 Å². The summed E-state index contributed by atoms with van der Waals surface area (Å²) >= 11 is 0. The molecule has 1 atom stereocenters. The molecule has 1 heterocycles. The molecule has 5 nitrogen and oxygen atoms in total. The van der Waals surface area contributed by atoms with Gasteiger partial charge in [0.25, 0.3) is 5.91 Å². The Balaban J connectivity index is 1.55. The van der Waals surface area contributed by atoms with Crippen molar-refractivity contribution >= 4 is 5.91 Å². The maximum absolute atomic E-state index is 12.3. The Kier molecular flexibility index (Phi) is 4.78. The van der Waals surface area contributed by atoms with Crippen molar-refractivity contribution in [3.05, 3.63) is 60.2 Å². The van der Waals surface area contributed by atoms with Gasteiger partial charge in [0.05, 0.1) is 13.7 Å². The van der Waals surface area contributed by atoms with Gasteiger partial charge in [-0.15, -0.1) is 0 Å². The van der Waals surface area contributed by atoms with Gasteiger partial charge in [-0.2, -0.15) is 0 Å². The van der Waals surface area contributed by atoms with Crippen molar-refractivity contribution in [3.63, 3.8) is 0 Å². The fourth-order valence-corrected chi connectivity index (χ4v) is 2.50. The lowest BCUT2D eigenvalue weighted by Crippen LogP contribution is -2.33. The minimum Gasteiger partial charge on any atom is -0.493 e. The van der Waals surface area contributed by atoms with E-state index in [-0.39, 0.29) is 25.3 Å². The third kappa shape index (κ3) is 3.63. The van der Waals surface area contributed by atoms with Crippen molar-refractivity contribution in [2.75, 3.05) is 27.0 Å². The summed E-state index contributed by atoms with van der Waals surface area (Å²) in [5.74, 6) is 1.07. The van der Waals surface area contributed by atoms with Crippen molar-refractivity contribution in [1.82, 2.24) is 4.90 Å². The summed E-state index contributed by atoms with van der Waals surface area (Å²) < 4.78 is 16.5. The van der Waals surface area contributed by atoms with Gasteiger partial charge in [-0.1, -0.05) is 42.5 Å². The van der Waals surface area contributed by atoms with Gasteiger partial charge < -0.3 is 19.1 Å². The highest BCUT2D eigenvalue weighted by atomic mass is 16.5. The molecule has 1 aliphatic heterocycles. The maximum Gasteiger partial charge on any atom is 0.262 e. The lowest BCUT2D eigenvalue weighted by atomic mass is 10.1. The van der Waals surface area contributed by atoms with Gasteiger partial charge in [-0.3, -0.25) is 4.79 Å². The molecule has 3 rings (SSSR count). The van der Waals surface area contributed by atoms with Crippen LogP contribution in [0.1, 0.15) is 11.7 Å². The van der Waals surface area contributed by atoms with Crippen LogP contribution < -0.4 is 9.47 Å². The fourth-order valence-electron chi connectivity index (χ4n) is 2.50. The second-order valence-electron chi connectivity index (χ2n) is 5.25. The molecule has 0 bridgehead atoms. The average Bonchev–Trinajstić information content (AvgIpc) is 3.11. The van der Waals surface area contributed by atoms with E-state index >= 15 is 0 Å². The topological polar surface area (TPSA) is 48.0 Å². The Hall–Kier alpha value is -2.53. The SMILES string of the molecule is COc1ccccc1OCC(=O)N1COC(c2ccccc2)C1. The Morgan fingerprint density at radius 2 is 1.83 bits per heavy atom. The van der Waals surface area contributed by atoms with E-state index in [1.165, 1.54) is 0 Å². The number of benzene rings is 2. The summed E-state index contributed by atoms with van der Waals surface area (Å²) in [5, 5.41) is 0. The van der Waals surface area contributed by atoms with Gasteiger partial charge in [0.2, 0.25) is 0 Å². The predicted octanol–water partition coefficient (Wildman–Crippen LogP) is 2.63. The first-order valence-corrected chi connectivity index (χ1v) is 7.48. The van der Waals surface area contributed by atoms with Crippen LogP contribution in [0.3, 0.4) is 0 Å². The fraction of sp³-hybridized carbons (Fsp3) is 0.278. The lowest BCUT2D eigenvalue weighted by molar-refractivity contribution is -0.133. The van der Waals surface area contributed by atoms with E-state index in [0.717, 1.165) is 5.56 Å². The van der Waals surface area contributed by atoms with Crippen molar-refractivity contribution in [1.29, 1.82) is 0 Å². The number of rotatable bonds is 5. The molecule has 5 heteroatoms. The van der Waals surface area contributed by atoms with Gasteiger partial charge >= 0.3 is 0 Å². The standard InChI is InChI=1S/C18H19NO4/c1-21-15-9-5-6-10-16(15)22-12-18(20)19-11-17(23-13-19)14-7-3-2-4-8-14/h2-10,17H,11-13H2,1H3. The number of amides is 1. The summed E-state index contributed by atoms with van der Waals surface area (Å²) in [4.78, 5) is 13.9. The van der Waals surface area contributed by atoms with Crippen LogP contribution in [0, 0.1) is 0 Å². The minimum atomic E-state index is -0.102. The molecular weight excluding hydrogens is 294 g/mol. The zero-order valence-electron chi connectivity index (χ0n) is 13.0. The predicted molar refractivity (Wildman–Crippen MR) is 85.3 cm³/mol. The van der Waals surface area contributed by atoms with E-state index in [4.69, 9.17) is 14.2 Å². The Morgan fingerprint density at radius 1 is 1.13 bits per heavy atom. The molecule has 1 amide bonds. The number of carbonyl (C=O) groups is 1. The quantitative estimate of drug-likeness (QED) is 0.851. The molecule has 0 aliphatic carbocycles. The number of ether oxygens (including phenoxy) is 3. The molecule has 120 valence electrons. The van der Waals surface area contributed by atoms with Crippen LogP contribution in [0.2, 0.25) is 0 Å². The van der Waals surface area contributed by atoms with Crippen LogP contribution in [0.5, 0.6) is 11.5 Å². The highest BCUT2D eigenvalue weighted by Gasteiger charge is 2.28. The molecule has 2 aromatic carbocycles. The molecule has 2 aromatic rings. The molecular formula is C18H19NO4. The molecule has 0 spiro atoms. The normalized spacial score (nSPS) is 17.1. The summed E-state index contributed by atoms with van der Waals surface area (Å²) in [5.41, 5.74) is 1.08. The van der Waals surface area contributed by atoms with Crippen LogP contribution in [0.15, 0.2) is 54.6 Å². The van der Waals surface area contributed by atoms with Gasteiger partial charge in [-0.25, -0.2) is 0 Å². The number of hydrogen-bond donors (Lipinski definition) is 0. The van der Waals surface area contributed by atoms with Gasteiger partial charge in [0, 0.05) is 0 Å². The highest BCUT2D eigenvalue weighted by molar-refractivity contribution is 5.78. The van der Waals surface area contributed by atoms with E-state index in [1.54, 1.807) is 24.1 Å². The van der Waals surface area contributed by atoms with Crippen LogP contribution in [-0.2, 0) is 9.53 Å². The molecule has 1 aliphatic rings. The summed E-state index contributed by atoms with van der Waals surface area (Å²) in [7, 11) is 1.57. The third-order valence-electron chi connectivity index (χ3n) is 3.76. The molecule has 0 N–H and O–H groups in total. The van der Waals surface area contributed by atoms with Crippen LogP contribution in [-0.4, -0.2) is 37.8 Å². The second-order valence-corrected chi connectivity index (χ2v) is 5.25. The molecule has 0 aromatic heterocycles. The van der Waals surface area contributed by atoms with Crippen molar-refractivity contribution in [2.24, 2.45) is 0 Å². The van der Waals surface area contributed by atoms with Crippen LogP contribution in [0.4, 0.5) is 0 Å². The summed E-state index contributed by atoms with van der Waals surface area (Å²) in [6, 6.07) is 17.2. The van der Waals surface area contributed by atoms with E-state index in [0.29, 0.717) is 18.0 Å². The molecule has 1 saturated heterocycles. The molecule has 1 unspecified atom stereocenters. The lowest BCUT2D eigenvalue weighted by Gasteiger charge is -2.15. The van der Waals surface area contributed by atoms with Crippen molar-refractivity contribution < 1.29 is 19.0 Å². The first kappa shape index (κ1) is 15.4. The number of para-hydroxylation sites is 2. The van der Waals surface area contributed by atoms with Gasteiger partial charge in [0.15, 0.2) is 18.1 Å². The molecule has 0 saturated carbocycles. The van der Waals surface area contributed by atoms with Gasteiger partial charge in [-0.05, 0) is 17.7 Å². The highest BCUT2D eigenvalue weighted by Crippen LogP contribution is 2.27. The van der Waals surface area contributed by atoms with E-state index in [1.807, 2.05) is 42.5 Å². The Bertz CT molecular complexity index is 659. The second kappa shape index (κ2) is 7.15. The molecule has 23 heavy (non-hydrogen) atoms. The first-order chi connectivity index (χ1) is 11.3. The molecule has 1 fully saturated rings. The summed E-state index contributed by atoms with van der Waals surface area (Å²) in [6.07, 6.45) is -0.0774. The smallest absolute Gasteiger partial charge is 0.262 e. The zero-order chi connectivity index (χ0) is 16.1. The van der Waals surface area contributed by atoms with Crippen molar-refractivity contribution in [3.8, 4) is 11.5 Å². The summed E-state index contributed by atoms with van der Waals surface area (Å²) in [6.45, 7) is 0.789. The number of methoxy groups -OCH3 is 1. The minimum absolute atomic E-state index is 0.0365. The number of carbonyl (C=O) groups excluding carboxylic acids is 1.